The van der Waals surface area contributed by atoms with Crippen LogP contribution in [0.1, 0.15) is 0 Å². The summed E-state index contributed by atoms with van der Waals surface area (Å²) in [6.07, 6.45) is 0. The van der Waals surface area contributed by atoms with Gasteiger partial charge in [0.1, 0.15) is 0 Å². The van der Waals surface area contributed by atoms with E-state index >= 15 is 0 Å². The monoisotopic (exact) mass is 604 g/mol. The minimum absolute atomic E-state index is 0.00112. The van der Waals surface area contributed by atoms with Gasteiger partial charge >= 0.3 is 7.82 Å². The maximum Gasteiger partial charge on any atom is 0.474 e. The molecule has 11 heteroatoms. The molecule has 0 aromatic carbocycles. The van der Waals surface area contributed by atoms with Crippen molar-refractivity contribution in [3.8, 4) is 0 Å². The minimum atomic E-state index is -3.67. The van der Waals surface area contributed by atoms with E-state index in [1.54, 1.807) is 0 Å². The second-order valence-corrected chi connectivity index (χ2v) is 10.1. The third-order valence-electron chi connectivity index (χ3n) is 1.74. The van der Waals surface area contributed by atoms with Crippen molar-refractivity contribution in [3.05, 3.63) is 0 Å². The average Bonchev–Trinajstić information content (AvgIpc) is 2.47. The zero-order valence-electron chi connectivity index (χ0n) is 10.3. The third kappa shape index (κ3) is 11.2. The predicted octanol–water partition coefficient (Wildman–Crippen LogP) is 5.31. The molecule has 0 saturated heterocycles. The van der Waals surface area contributed by atoms with Crippen LogP contribution < -0.4 is 0 Å². The highest BCUT2D eigenvalue weighted by molar-refractivity contribution is 9.12. The van der Waals surface area contributed by atoms with Crippen LogP contribution in [-0.2, 0) is 18.1 Å². The molecule has 20 heavy (non-hydrogen) atoms. The molecule has 0 unspecified atom stereocenters. The molecular formula is C9H15Br4Cl2O4P. The van der Waals surface area contributed by atoms with Gasteiger partial charge in [0, 0.05) is 26.2 Å². The van der Waals surface area contributed by atoms with Crippen LogP contribution in [0.15, 0.2) is 0 Å². The Kier molecular flexibility index (Phi) is 14.7. The van der Waals surface area contributed by atoms with Gasteiger partial charge in [0.25, 0.3) is 0 Å². The first-order valence-corrected chi connectivity index (χ1v) is 12.0. The summed E-state index contributed by atoms with van der Waals surface area (Å²) in [4.78, 5) is -0.00224. The fourth-order valence-electron chi connectivity index (χ4n) is 0.762. The van der Waals surface area contributed by atoms with Crippen LogP contribution in [-0.4, -0.2) is 51.4 Å². The highest BCUT2D eigenvalue weighted by Crippen LogP contribution is 2.50. The molecule has 0 aromatic heterocycles. The molecule has 0 radical (unpaired) electrons. The fourth-order valence-corrected chi connectivity index (χ4v) is 3.36. The van der Waals surface area contributed by atoms with Gasteiger partial charge in [-0.15, -0.1) is 23.2 Å². The summed E-state index contributed by atoms with van der Waals surface area (Å²) in [6, 6.07) is 0. The van der Waals surface area contributed by atoms with E-state index in [9.17, 15) is 4.57 Å². The second-order valence-electron chi connectivity index (χ2n) is 3.59. The van der Waals surface area contributed by atoms with Crippen molar-refractivity contribution >= 4 is 94.7 Å². The first-order valence-electron chi connectivity index (χ1n) is 5.50. The van der Waals surface area contributed by atoms with E-state index in [2.05, 4.69) is 63.7 Å². The Bertz CT molecular complexity index is 260. The van der Waals surface area contributed by atoms with Gasteiger partial charge in [-0.3, -0.25) is 13.6 Å². The van der Waals surface area contributed by atoms with Crippen molar-refractivity contribution in [1.29, 1.82) is 0 Å². The molecule has 0 aromatic rings. The molecule has 0 N–H and O–H groups in total. The summed E-state index contributed by atoms with van der Waals surface area (Å²) >= 11 is 24.7. The van der Waals surface area contributed by atoms with Crippen LogP contribution in [0.2, 0.25) is 0 Å². The lowest BCUT2D eigenvalue weighted by atomic mass is 10.5. The van der Waals surface area contributed by atoms with Crippen molar-refractivity contribution < 1.29 is 18.1 Å². The van der Waals surface area contributed by atoms with Gasteiger partial charge < -0.3 is 0 Å². The molecule has 0 rings (SSSR count). The molecule has 0 aliphatic carbocycles. The molecule has 0 bridgehead atoms. The number of phosphoric ester groups is 1. The largest absolute Gasteiger partial charge is 0.474 e. The lowest BCUT2D eigenvalue weighted by Crippen LogP contribution is -2.17. The van der Waals surface area contributed by atoms with Crippen LogP contribution in [0.5, 0.6) is 0 Å². The zero-order chi connectivity index (χ0) is 15.6. The molecular weight excluding hydrogens is 594 g/mol. The van der Waals surface area contributed by atoms with Crippen molar-refractivity contribution in [2.75, 3.05) is 36.4 Å². The second kappa shape index (κ2) is 13.0. The van der Waals surface area contributed by atoms with E-state index in [-0.39, 0.29) is 35.4 Å². The molecule has 0 saturated carbocycles. The molecule has 0 spiro atoms. The van der Waals surface area contributed by atoms with E-state index in [1.807, 2.05) is 0 Å². The van der Waals surface area contributed by atoms with Gasteiger partial charge in [0.05, 0.1) is 25.2 Å². The normalized spacial score (nSPS) is 16.9. The number of phosphoric acid groups is 1. The number of alkyl halides is 6. The topological polar surface area (TPSA) is 44.8 Å². The highest BCUT2D eigenvalue weighted by atomic mass is 79.9. The summed E-state index contributed by atoms with van der Waals surface area (Å²) < 4.78 is 28.2. The third-order valence-corrected chi connectivity index (χ3v) is 8.43. The van der Waals surface area contributed by atoms with Crippen LogP contribution in [0, 0.1) is 0 Å². The smallest absolute Gasteiger partial charge is 0.286 e. The van der Waals surface area contributed by atoms with E-state index in [0.717, 1.165) is 0 Å². The van der Waals surface area contributed by atoms with Gasteiger partial charge in [0.15, 0.2) is 0 Å². The first-order chi connectivity index (χ1) is 9.36. The summed E-state index contributed by atoms with van der Waals surface area (Å²) in [5, 5.41) is 0.842. The van der Waals surface area contributed by atoms with Crippen LogP contribution in [0.3, 0.4) is 0 Å². The Labute approximate surface area is 163 Å². The summed E-state index contributed by atoms with van der Waals surface area (Å²) in [7, 11) is -3.67. The summed E-state index contributed by atoms with van der Waals surface area (Å²) in [6.45, 7) is 0.347. The molecule has 0 aliphatic heterocycles. The Morgan fingerprint density at radius 2 is 1.35 bits per heavy atom. The Balaban J connectivity index is 4.45. The average molecular weight is 609 g/mol. The summed E-state index contributed by atoms with van der Waals surface area (Å²) in [5.41, 5.74) is 0. The standard InChI is InChI=1S/C9H15Br4Cl2O4P/c10-1-7(12)4-17-20(16,18-5-8(13)2-11)19-6-9(15)3-14/h7-9H,1-6H2/t7-,8-,9+/m0/s1. The quantitative estimate of drug-likeness (QED) is 0.223. The van der Waals surface area contributed by atoms with Crippen LogP contribution >= 0.6 is 94.7 Å². The minimum Gasteiger partial charge on any atom is -0.286 e. The van der Waals surface area contributed by atoms with Crippen LogP contribution in [0.25, 0.3) is 0 Å². The summed E-state index contributed by atoms with van der Waals surface area (Å²) in [5.74, 6) is 0.187. The van der Waals surface area contributed by atoms with E-state index < -0.39 is 13.2 Å². The molecule has 0 aliphatic rings. The zero-order valence-corrected chi connectivity index (χ0v) is 19.1. The molecule has 3 atom stereocenters. The van der Waals surface area contributed by atoms with Crippen molar-refractivity contribution in [2.24, 2.45) is 0 Å². The lowest BCUT2D eigenvalue weighted by molar-refractivity contribution is 0.117. The Morgan fingerprint density at radius 1 is 0.950 bits per heavy atom. The van der Waals surface area contributed by atoms with Gasteiger partial charge in [0.2, 0.25) is 0 Å². The van der Waals surface area contributed by atoms with Gasteiger partial charge in [-0.2, -0.15) is 0 Å². The number of hydrogen-bond donors (Lipinski definition) is 0. The number of hydrogen-bond acceptors (Lipinski definition) is 4. The van der Waals surface area contributed by atoms with Gasteiger partial charge in [-0.25, -0.2) is 4.57 Å². The van der Waals surface area contributed by atoms with Gasteiger partial charge in [-0.1, -0.05) is 63.7 Å². The Morgan fingerprint density at radius 3 is 1.70 bits per heavy atom. The molecule has 0 heterocycles. The maximum atomic E-state index is 12.4. The molecule has 122 valence electrons. The lowest BCUT2D eigenvalue weighted by Gasteiger charge is -2.21. The van der Waals surface area contributed by atoms with Crippen LogP contribution in [0.4, 0.5) is 0 Å². The van der Waals surface area contributed by atoms with Crippen molar-refractivity contribution in [3.63, 3.8) is 0 Å². The van der Waals surface area contributed by atoms with E-state index in [0.29, 0.717) is 10.7 Å². The Hall–Kier alpha value is 2.61. The predicted molar refractivity (Wildman–Crippen MR) is 98.8 cm³/mol. The SMILES string of the molecule is O=P(OC[C@H](Cl)CCl)(OC[C@@H](Br)CBr)OC[C@@H](Br)CBr. The number of rotatable bonds is 12. The van der Waals surface area contributed by atoms with E-state index in [1.165, 1.54) is 0 Å². The molecule has 0 fully saturated rings. The fraction of sp³-hybridized carbons (Fsp3) is 1.00. The molecule has 4 nitrogen and oxygen atoms in total. The van der Waals surface area contributed by atoms with Gasteiger partial charge in [-0.05, 0) is 0 Å². The van der Waals surface area contributed by atoms with Crippen molar-refractivity contribution in [2.45, 2.75) is 15.0 Å². The van der Waals surface area contributed by atoms with E-state index in [4.69, 9.17) is 36.8 Å². The number of halogens is 6. The van der Waals surface area contributed by atoms with Crippen molar-refractivity contribution in [1.82, 2.24) is 0 Å². The first kappa shape index (κ1) is 22.6. The molecule has 0 amide bonds. The maximum absolute atomic E-state index is 12.4. The highest BCUT2D eigenvalue weighted by Gasteiger charge is 2.29.